The Balaban J connectivity index is 1.58. The average Bonchev–Trinajstić information content (AvgIpc) is 3.01. The summed E-state index contributed by atoms with van der Waals surface area (Å²) >= 11 is 13.3. The molecule has 0 saturated heterocycles. The second-order valence-electron chi connectivity index (χ2n) is 7.36. The molecule has 0 radical (unpaired) electrons. The van der Waals surface area contributed by atoms with Crippen molar-refractivity contribution in [2.45, 2.75) is 16.2 Å². The minimum Gasteiger partial charge on any atom is -0.396 e. The highest BCUT2D eigenvalue weighted by molar-refractivity contribution is 8.03. The minimum absolute atomic E-state index is 0.0108. The number of aliphatic hydroxyl groups is 1. The molecule has 176 valence electrons. The van der Waals surface area contributed by atoms with Crippen LogP contribution in [0.25, 0.3) is 0 Å². The van der Waals surface area contributed by atoms with Crippen molar-refractivity contribution in [1.82, 2.24) is 0 Å². The quantitative estimate of drug-likeness (QED) is 0.416. The van der Waals surface area contributed by atoms with Crippen LogP contribution in [0.15, 0.2) is 87.5 Å². The summed E-state index contributed by atoms with van der Waals surface area (Å²) < 4.78 is 28.4. The van der Waals surface area contributed by atoms with Gasteiger partial charge < -0.3 is 10.4 Å². The second-order valence-corrected chi connectivity index (χ2v) is 11.2. The normalized spacial score (nSPS) is 13.6. The molecule has 0 spiro atoms. The number of carbonyl (C=O) groups excluding carboxylic acids is 1. The maximum Gasteiger partial charge on any atom is 0.264 e. The molecule has 2 N–H and O–H groups in total. The topological polar surface area (TPSA) is 86.7 Å². The molecule has 10 heteroatoms. The van der Waals surface area contributed by atoms with Crippen LogP contribution in [0.4, 0.5) is 11.4 Å². The molecule has 0 atom stereocenters. The summed E-state index contributed by atoms with van der Waals surface area (Å²) in [6, 6.07) is 17.8. The Bertz CT molecular complexity index is 1360. The van der Waals surface area contributed by atoms with Crippen molar-refractivity contribution < 1.29 is 18.3 Å². The predicted molar refractivity (Wildman–Crippen MR) is 137 cm³/mol. The van der Waals surface area contributed by atoms with Gasteiger partial charge in [-0.25, -0.2) is 8.42 Å². The molecule has 0 aromatic heterocycles. The van der Waals surface area contributed by atoms with Crippen molar-refractivity contribution in [3.63, 3.8) is 0 Å². The van der Waals surface area contributed by atoms with E-state index in [4.69, 9.17) is 23.2 Å². The number of amides is 1. The highest BCUT2D eigenvalue weighted by Crippen LogP contribution is 2.40. The second kappa shape index (κ2) is 10.4. The number of thioether (sulfide) groups is 1. The number of nitrogens with zero attached hydrogens (tertiary/aromatic N) is 1. The van der Waals surface area contributed by atoms with E-state index in [9.17, 15) is 18.3 Å². The van der Waals surface area contributed by atoms with E-state index >= 15 is 0 Å². The number of anilines is 2. The van der Waals surface area contributed by atoms with Crippen molar-refractivity contribution in [3.05, 3.63) is 93.3 Å². The fraction of sp³-hybridized carbons (Fsp3) is 0.125. The summed E-state index contributed by atoms with van der Waals surface area (Å²) in [6.45, 7) is 0.140. The third-order valence-corrected chi connectivity index (χ3v) is 8.83. The van der Waals surface area contributed by atoms with Gasteiger partial charge in [0.15, 0.2) is 0 Å². The standard InChI is InChI=1S/C24H20Cl2N2O4S2/c25-20-10-5-16(15-21(20)26)24(30)27-17-6-8-19(9-7-17)34(31,32)28-13-11-18(12-14-29)33-23-4-2-1-3-22(23)28/h1-11,15,29H,12-14H2,(H,27,30). The van der Waals surface area contributed by atoms with Crippen LogP contribution in [0.2, 0.25) is 10.0 Å². The number of fused-ring (bicyclic) bond motifs is 1. The van der Waals surface area contributed by atoms with E-state index < -0.39 is 15.9 Å². The summed E-state index contributed by atoms with van der Waals surface area (Å²) in [5, 5.41) is 12.7. The molecule has 1 aliphatic heterocycles. The number of halogens is 2. The van der Waals surface area contributed by atoms with Crippen LogP contribution in [-0.4, -0.2) is 32.6 Å². The Morgan fingerprint density at radius 2 is 1.76 bits per heavy atom. The number of nitrogens with one attached hydrogen (secondary N) is 1. The van der Waals surface area contributed by atoms with Crippen molar-refractivity contribution in [3.8, 4) is 0 Å². The number of rotatable bonds is 6. The highest BCUT2D eigenvalue weighted by Gasteiger charge is 2.28. The zero-order valence-corrected chi connectivity index (χ0v) is 20.9. The fourth-order valence-electron chi connectivity index (χ4n) is 3.38. The van der Waals surface area contributed by atoms with E-state index in [-0.39, 0.29) is 23.1 Å². The fourth-order valence-corrected chi connectivity index (χ4v) is 6.23. The van der Waals surface area contributed by atoms with Gasteiger partial charge in [0, 0.05) is 29.2 Å². The van der Waals surface area contributed by atoms with Crippen LogP contribution in [-0.2, 0) is 10.0 Å². The molecule has 34 heavy (non-hydrogen) atoms. The van der Waals surface area contributed by atoms with Gasteiger partial charge in [0.05, 0.1) is 27.2 Å². The van der Waals surface area contributed by atoms with Gasteiger partial charge >= 0.3 is 0 Å². The Kier molecular flexibility index (Phi) is 7.54. The Morgan fingerprint density at radius 3 is 2.47 bits per heavy atom. The zero-order valence-electron chi connectivity index (χ0n) is 17.7. The number of hydrogen-bond donors (Lipinski definition) is 2. The molecule has 0 fully saturated rings. The third-order valence-electron chi connectivity index (χ3n) is 5.10. The number of aliphatic hydroxyl groups excluding tert-OH is 1. The first-order chi connectivity index (χ1) is 16.3. The molecule has 0 unspecified atom stereocenters. The molecule has 3 aromatic carbocycles. The first kappa shape index (κ1) is 24.6. The van der Waals surface area contributed by atoms with E-state index in [0.717, 1.165) is 9.80 Å². The Hall–Kier alpha value is -2.49. The molecule has 3 aromatic rings. The van der Waals surface area contributed by atoms with Gasteiger partial charge in [-0.3, -0.25) is 9.10 Å². The Morgan fingerprint density at radius 1 is 1.03 bits per heavy atom. The zero-order chi connectivity index (χ0) is 24.3. The monoisotopic (exact) mass is 534 g/mol. The number of para-hydroxylation sites is 1. The molecule has 1 amide bonds. The van der Waals surface area contributed by atoms with E-state index in [1.165, 1.54) is 52.5 Å². The molecule has 6 nitrogen and oxygen atoms in total. The predicted octanol–water partition coefficient (Wildman–Crippen LogP) is 5.81. The lowest BCUT2D eigenvalue weighted by Crippen LogP contribution is -2.31. The van der Waals surface area contributed by atoms with Crippen LogP contribution in [0, 0.1) is 0 Å². The van der Waals surface area contributed by atoms with Crippen LogP contribution in [0.5, 0.6) is 0 Å². The molecule has 1 heterocycles. The molecule has 1 aliphatic rings. The van der Waals surface area contributed by atoms with Gasteiger partial charge in [-0.15, -0.1) is 0 Å². The van der Waals surface area contributed by atoms with Gasteiger partial charge in [-0.1, -0.05) is 53.2 Å². The number of hydrogen-bond acceptors (Lipinski definition) is 5. The molecule has 0 aliphatic carbocycles. The SMILES string of the molecule is O=C(Nc1ccc(S(=O)(=O)N2CC=C(CCO)Sc3ccccc32)cc1)c1ccc(Cl)c(Cl)c1. The summed E-state index contributed by atoms with van der Waals surface area (Å²) in [7, 11) is -3.88. The molecule has 0 saturated carbocycles. The Labute approximate surface area is 212 Å². The van der Waals surface area contributed by atoms with Crippen LogP contribution in [0.3, 0.4) is 0 Å². The van der Waals surface area contributed by atoms with E-state index in [0.29, 0.717) is 28.4 Å². The summed E-state index contributed by atoms with van der Waals surface area (Å²) in [5.41, 5.74) is 1.34. The maximum absolute atomic E-state index is 13.5. The smallest absolute Gasteiger partial charge is 0.264 e. The van der Waals surface area contributed by atoms with Crippen molar-refractivity contribution >= 4 is 62.3 Å². The first-order valence-electron chi connectivity index (χ1n) is 10.3. The van der Waals surface area contributed by atoms with E-state index in [1.54, 1.807) is 18.2 Å². The summed E-state index contributed by atoms with van der Waals surface area (Å²) in [4.78, 5) is 14.3. The van der Waals surface area contributed by atoms with Gasteiger partial charge in [-0.05, 0) is 59.5 Å². The van der Waals surface area contributed by atoms with Gasteiger partial charge in [0.2, 0.25) is 0 Å². The lowest BCUT2D eigenvalue weighted by molar-refractivity contribution is 0.102. The van der Waals surface area contributed by atoms with Gasteiger partial charge in [0.25, 0.3) is 15.9 Å². The first-order valence-corrected chi connectivity index (χ1v) is 13.3. The molecular weight excluding hydrogens is 515 g/mol. The molecule has 0 bridgehead atoms. The van der Waals surface area contributed by atoms with Gasteiger partial charge in [-0.2, -0.15) is 0 Å². The van der Waals surface area contributed by atoms with Crippen LogP contribution < -0.4 is 9.62 Å². The lowest BCUT2D eigenvalue weighted by atomic mass is 10.2. The highest BCUT2D eigenvalue weighted by atomic mass is 35.5. The van der Waals surface area contributed by atoms with Gasteiger partial charge in [0.1, 0.15) is 0 Å². The van der Waals surface area contributed by atoms with E-state index in [1.807, 2.05) is 18.2 Å². The third kappa shape index (κ3) is 5.26. The van der Waals surface area contributed by atoms with E-state index in [2.05, 4.69) is 5.32 Å². The average molecular weight is 535 g/mol. The summed E-state index contributed by atoms with van der Waals surface area (Å²) in [6.07, 6.45) is 2.28. The van der Waals surface area contributed by atoms with Crippen molar-refractivity contribution in [2.24, 2.45) is 0 Å². The molecule has 4 rings (SSSR count). The number of carbonyl (C=O) groups is 1. The number of sulfonamides is 1. The lowest BCUT2D eigenvalue weighted by Gasteiger charge is -2.23. The maximum atomic E-state index is 13.5. The van der Waals surface area contributed by atoms with Crippen molar-refractivity contribution in [1.29, 1.82) is 0 Å². The molecular formula is C24H20Cl2N2O4S2. The van der Waals surface area contributed by atoms with Crippen LogP contribution >= 0.6 is 35.0 Å². The number of benzene rings is 3. The van der Waals surface area contributed by atoms with Crippen LogP contribution in [0.1, 0.15) is 16.8 Å². The largest absolute Gasteiger partial charge is 0.396 e. The summed E-state index contributed by atoms with van der Waals surface area (Å²) in [5.74, 6) is -0.394. The minimum atomic E-state index is -3.88. The van der Waals surface area contributed by atoms with Crippen molar-refractivity contribution in [2.75, 3.05) is 22.8 Å².